The number of thiazole rings is 1. The summed E-state index contributed by atoms with van der Waals surface area (Å²) in [5, 5.41) is 4.63. The lowest BCUT2D eigenvalue weighted by molar-refractivity contribution is 0.476. The van der Waals surface area contributed by atoms with E-state index in [2.05, 4.69) is 29.4 Å². The molecule has 0 radical (unpaired) electrons. The molecule has 0 spiro atoms. The Labute approximate surface area is 118 Å². The molecular formula is C15H19N3S. The van der Waals surface area contributed by atoms with Gasteiger partial charge in [-0.2, -0.15) is 0 Å². The van der Waals surface area contributed by atoms with Gasteiger partial charge in [-0.1, -0.05) is 13.0 Å². The van der Waals surface area contributed by atoms with Crippen LogP contribution >= 0.6 is 11.3 Å². The normalized spacial score (nSPS) is 18.3. The fourth-order valence-corrected chi connectivity index (χ4v) is 3.82. The van der Waals surface area contributed by atoms with E-state index < -0.39 is 0 Å². The van der Waals surface area contributed by atoms with Gasteiger partial charge in [-0.3, -0.25) is 4.98 Å². The Hall–Kier alpha value is -1.26. The molecule has 2 aromatic heterocycles. The average molecular weight is 273 g/mol. The second-order valence-electron chi connectivity index (χ2n) is 5.00. The van der Waals surface area contributed by atoms with Gasteiger partial charge in [0.15, 0.2) is 0 Å². The minimum absolute atomic E-state index is 0.491. The predicted octanol–water partition coefficient (Wildman–Crippen LogP) is 3.50. The van der Waals surface area contributed by atoms with Crippen molar-refractivity contribution in [2.75, 3.05) is 6.54 Å². The maximum Gasteiger partial charge on any atom is 0.142 e. The molecule has 3 rings (SSSR count). The number of pyridine rings is 1. The van der Waals surface area contributed by atoms with E-state index in [1.807, 2.05) is 24.3 Å². The third kappa shape index (κ3) is 2.55. The number of aryl methyl sites for hydroxylation is 2. The lowest BCUT2D eigenvalue weighted by Crippen LogP contribution is -2.23. The summed E-state index contributed by atoms with van der Waals surface area (Å²) in [4.78, 5) is 10.8. The minimum atomic E-state index is 0.491. The van der Waals surface area contributed by atoms with E-state index in [9.17, 15) is 0 Å². The Morgan fingerprint density at radius 3 is 3.05 bits per heavy atom. The van der Waals surface area contributed by atoms with Crippen LogP contribution in [0.1, 0.15) is 42.1 Å². The van der Waals surface area contributed by atoms with Crippen LogP contribution in [-0.4, -0.2) is 16.5 Å². The summed E-state index contributed by atoms with van der Waals surface area (Å²) >= 11 is 1.81. The van der Waals surface area contributed by atoms with Gasteiger partial charge in [-0.05, 0) is 44.9 Å². The summed E-state index contributed by atoms with van der Waals surface area (Å²) in [7, 11) is 0. The summed E-state index contributed by atoms with van der Waals surface area (Å²) in [6, 6.07) is 6.63. The molecule has 1 aliphatic carbocycles. The zero-order chi connectivity index (χ0) is 13.2. The molecule has 1 N–H and O–H groups in total. The van der Waals surface area contributed by atoms with Crippen molar-refractivity contribution in [3.63, 3.8) is 0 Å². The fourth-order valence-electron chi connectivity index (χ4n) is 2.63. The van der Waals surface area contributed by atoms with E-state index in [-0.39, 0.29) is 0 Å². The molecule has 19 heavy (non-hydrogen) atoms. The highest BCUT2D eigenvalue weighted by atomic mass is 32.1. The van der Waals surface area contributed by atoms with Gasteiger partial charge in [0.2, 0.25) is 0 Å². The molecule has 1 atom stereocenters. The number of nitrogens with zero attached hydrogens (tertiary/aromatic N) is 2. The largest absolute Gasteiger partial charge is 0.309 e. The van der Waals surface area contributed by atoms with Gasteiger partial charge >= 0.3 is 0 Å². The predicted molar refractivity (Wildman–Crippen MR) is 79.4 cm³/mol. The molecule has 3 nitrogen and oxygen atoms in total. The zero-order valence-corrected chi connectivity index (χ0v) is 12.3. The van der Waals surface area contributed by atoms with Crippen LogP contribution in [0.3, 0.4) is 0 Å². The highest BCUT2D eigenvalue weighted by Crippen LogP contribution is 2.37. The molecule has 2 heterocycles. The topological polar surface area (TPSA) is 37.8 Å². The van der Waals surface area contributed by atoms with Crippen LogP contribution in [0.2, 0.25) is 0 Å². The smallest absolute Gasteiger partial charge is 0.142 e. The number of nitrogens with one attached hydrogen (secondary N) is 1. The first-order valence-corrected chi connectivity index (χ1v) is 7.76. The van der Waals surface area contributed by atoms with Crippen molar-refractivity contribution < 1.29 is 0 Å². The van der Waals surface area contributed by atoms with Crippen molar-refractivity contribution in [2.45, 2.75) is 39.2 Å². The van der Waals surface area contributed by atoms with E-state index in [1.165, 1.54) is 23.4 Å². The minimum Gasteiger partial charge on any atom is -0.309 e. The molecule has 0 saturated carbocycles. The lowest BCUT2D eigenvalue weighted by atomic mass is 9.98. The molecule has 0 saturated heterocycles. The molecule has 1 unspecified atom stereocenters. The molecular weight excluding hydrogens is 254 g/mol. The summed E-state index contributed by atoms with van der Waals surface area (Å²) in [5.41, 5.74) is 3.34. The van der Waals surface area contributed by atoms with Crippen molar-refractivity contribution >= 4 is 11.3 Å². The Balaban J connectivity index is 1.97. The SMILES string of the molecule is CCNC1CCCc2nc(-c3cccc(C)n3)sc21. The third-order valence-corrected chi connectivity index (χ3v) is 4.74. The quantitative estimate of drug-likeness (QED) is 0.930. The fraction of sp³-hybridized carbons (Fsp3) is 0.467. The number of aromatic nitrogens is 2. The molecule has 100 valence electrons. The second-order valence-corrected chi connectivity index (χ2v) is 6.03. The monoisotopic (exact) mass is 273 g/mol. The number of rotatable bonds is 3. The molecule has 1 aliphatic rings. The van der Waals surface area contributed by atoms with E-state index >= 15 is 0 Å². The van der Waals surface area contributed by atoms with Crippen molar-refractivity contribution in [2.24, 2.45) is 0 Å². The van der Waals surface area contributed by atoms with Gasteiger partial charge in [-0.25, -0.2) is 4.98 Å². The van der Waals surface area contributed by atoms with Gasteiger partial charge in [-0.15, -0.1) is 11.3 Å². The Bertz CT molecular complexity index is 577. The first-order valence-electron chi connectivity index (χ1n) is 6.95. The first kappa shape index (κ1) is 12.8. The van der Waals surface area contributed by atoms with Crippen LogP contribution in [0.5, 0.6) is 0 Å². The van der Waals surface area contributed by atoms with Gasteiger partial charge in [0.1, 0.15) is 5.01 Å². The summed E-state index contributed by atoms with van der Waals surface area (Å²) in [5.74, 6) is 0. The molecule has 0 fully saturated rings. The van der Waals surface area contributed by atoms with E-state index in [4.69, 9.17) is 4.98 Å². The molecule has 0 aliphatic heterocycles. The number of fused-ring (bicyclic) bond motifs is 1. The van der Waals surface area contributed by atoms with Crippen molar-refractivity contribution in [3.05, 3.63) is 34.5 Å². The van der Waals surface area contributed by atoms with Gasteiger partial charge in [0.25, 0.3) is 0 Å². The highest BCUT2D eigenvalue weighted by Gasteiger charge is 2.24. The van der Waals surface area contributed by atoms with Crippen molar-refractivity contribution in [1.82, 2.24) is 15.3 Å². The van der Waals surface area contributed by atoms with E-state index in [0.29, 0.717) is 6.04 Å². The van der Waals surface area contributed by atoms with Crippen molar-refractivity contribution in [1.29, 1.82) is 0 Å². The molecule has 4 heteroatoms. The maximum absolute atomic E-state index is 4.81. The zero-order valence-electron chi connectivity index (χ0n) is 11.4. The molecule has 0 aromatic carbocycles. The Morgan fingerprint density at radius 2 is 2.26 bits per heavy atom. The highest BCUT2D eigenvalue weighted by molar-refractivity contribution is 7.15. The summed E-state index contributed by atoms with van der Waals surface area (Å²) < 4.78 is 0. The van der Waals surface area contributed by atoms with E-state index in [1.54, 1.807) is 0 Å². The molecule has 0 amide bonds. The summed E-state index contributed by atoms with van der Waals surface area (Å²) in [6.45, 7) is 5.21. The Morgan fingerprint density at radius 1 is 1.37 bits per heavy atom. The van der Waals surface area contributed by atoms with Crippen LogP contribution in [-0.2, 0) is 6.42 Å². The van der Waals surface area contributed by atoms with Crippen LogP contribution in [0.25, 0.3) is 10.7 Å². The van der Waals surface area contributed by atoms with E-state index in [0.717, 1.165) is 29.4 Å². The lowest BCUT2D eigenvalue weighted by Gasteiger charge is -2.21. The summed E-state index contributed by atoms with van der Waals surface area (Å²) in [6.07, 6.45) is 3.57. The Kier molecular flexibility index (Phi) is 3.62. The molecule has 2 aromatic rings. The van der Waals surface area contributed by atoms with Crippen molar-refractivity contribution in [3.8, 4) is 10.7 Å². The first-order chi connectivity index (χ1) is 9.28. The number of hydrogen-bond donors (Lipinski definition) is 1. The standard InChI is InChI=1S/C15H19N3S/c1-3-16-11-7-5-8-12-14(11)19-15(18-12)13-9-4-6-10(2)17-13/h4,6,9,11,16H,3,5,7-8H2,1-2H3. The van der Waals surface area contributed by atoms with Crippen LogP contribution in [0.4, 0.5) is 0 Å². The van der Waals surface area contributed by atoms with Gasteiger partial charge in [0, 0.05) is 16.6 Å². The van der Waals surface area contributed by atoms with Crippen LogP contribution < -0.4 is 5.32 Å². The number of hydrogen-bond acceptors (Lipinski definition) is 4. The van der Waals surface area contributed by atoms with Crippen LogP contribution in [0.15, 0.2) is 18.2 Å². The molecule has 0 bridgehead atoms. The van der Waals surface area contributed by atoms with Gasteiger partial charge in [0.05, 0.1) is 11.4 Å². The van der Waals surface area contributed by atoms with Gasteiger partial charge < -0.3 is 5.32 Å². The average Bonchev–Trinajstić information content (AvgIpc) is 2.84. The second kappa shape index (κ2) is 5.39. The van der Waals surface area contributed by atoms with Crippen LogP contribution in [0, 0.1) is 6.92 Å². The third-order valence-electron chi connectivity index (χ3n) is 3.51. The maximum atomic E-state index is 4.81.